The third-order valence-electron chi connectivity index (χ3n) is 2.59. The number of carbonyl (C=O) groups is 1. The molecule has 0 aromatic carbocycles. The summed E-state index contributed by atoms with van der Waals surface area (Å²) in [7, 11) is 0. The molecule has 1 N–H and O–H groups in total. The van der Waals surface area contributed by atoms with Gasteiger partial charge < -0.3 is 5.11 Å². The molecule has 0 aliphatic carbocycles. The van der Waals surface area contributed by atoms with Gasteiger partial charge >= 0.3 is 5.97 Å². The molecule has 0 saturated carbocycles. The Bertz CT molecular complexity index is 597. The first-order chi connectivity index (χ1) is 9.13. The van der Waals surface area contributed by atoms with Crippen molar-refractivity contribution in [2.75, 3.05) is 5.75 Å². The molecule has 6 nitrogen and oxygen atoms in total. The first kappa shape index (κ1) is 13.5. The second kappa shape index (κ2) is 5.83. The molecule has 0 atom stereocenters. The lowest BCUT2D eigenvalue weighted by molar-refractivity contribution is -0.133. The monoisotopic (exact) mass is 278 g/mol. The molecule has 0 fully saturated rings. The van der Waals surface area contributed by atoms with Crippen molar-refractivity contribution in [3.63, 3.8) is 0 Å². The van der Waals surface area contributed by atoms with Crippen molar-refractivity contribution >= 4 is 17.7 Å². The summed E-state index contributed by atoms with van der Waals surface area (Å²) in [4.78, 5) is 14.8. The van der Waals surface area contributed by atoms with Crippen LogP contribution in [0.15, 0.2) is 23.6 Å². The predicted octanol–water partition coefficient (Wildman–Crippen LogP) is 1.71. The number of nitrogens with zero attached hydrogens (tertiary/aromatic N) is 4. The summed E-state index contributed by atoms with van der Waals surface area (Å²) in [6, 6.07) is 1.90. The fraction of sp³-hybridized carbons (Fsp3) is 0.333. The van der Waals surface area contributed by atoms with Crippen LogP contribution < -0.4 is 0 Å². The van der Waals surface area contributed by atoms with E-state index in [9.17, 15) is 4.79 Å². The molecule has 19 heavy (non-hydrogen) atoms. The molecular weight excluding hydrogens is 264 g/mol. The summed E-state index contributed by atoms with van der Waals surface area (Å²) >= 11 is 1.16. The SMILES string of the molecule is CCc1nnc(SCC(=O)O)n1-c1cnccc1C. The number of thioether (sulfide) groups is 1. The predicted molar refractivity (Wildman–Crippen MR) is 71.6 cm³/mol. The number of pyridine rings is 1. The average molecular weight is 278 g/mol. The maximum absolute atomic E-state index is 10.7. The van der Waals surface area contributed by atoms with Crippen LogP contribution in [0.25, 0.3) is 5.69 Å². The molecule has 7 heteroatoms. The highest BCUT2D eigenvalue weighted by molar-refractivity contribution is 7.99. The Labute approximate surface area is 114 Å². The first-order valence-corrected chi connectivity index (χ1v) is 6.82. The standard InChI is InChI=1S/C12H14N4O2S/c1-3-10-14-15-12(19-7-11(17)18)16(10)9-6-13-5-4-8(9)2/h4-6H,3,7H2,1-2H3,(H,17,18). The van der Waals surface area contributed by atoms with Gasteiger partial charge in [-0.15, -0.1) is 10.2 Å². The second-order valence-electron chi connectivity index (χ2n) is 3.93. The summed E-state index contributed by atoms with van der Waals surface area (Å²) in [6.07, 6.45) is 4.18. The van der Waals surface area contributed by atoms with E-state index in [1.165, 1.54) is 0 Å². The van der Waals surface area contributed by atoms with E-state index in [1.807, 2.05) is 24.5 Å². The fourth-order valence-corrected chi connectivity index (χ4v) is 2.36. The van der Waals surface area contributed by atoms with Crippen molar-refractivity contribution in [2.24, 2.45) is 0 Å². The van der Waals surface area contributed by atoms with Crippen LogP contribution in [-0.4, -0.2) is 36.6 Å². The summed E-state index contributed by atoms with van der Waals surface area (Å²) in [5, 5.41) is 17.5. The van der Waals surface area contributed by atoms with Crippen molar-refractivity contribution in [3.05, 3.63) is 29.8 Å². The molecule has 100 valence electrons. The van der Waals surface area contributed by atoms with Gasteiger partial charge in [0, 0.05) is 12.6 Å². The second-order valence-corrected chi connectivity index (χ2v) is 4.87. The van der Waals surface area contributed by atoms with Crippen LogP contribution in [0.1, 0.15) is 18.3 Å². The minimum absolute atomic E-state index is 0.0405. The fourth-order valence-electron chi connectivity index (χ4n) is 1.68. The van der Waals surface area contributed by atoms with Gasteiger partial charge in [-0.1, -0.05) is 18.7 Å². The number of carboxylic acid groups (broad SMARTS) is 1. The van der Waals surface area contributed by atoms with Crippen LogP contribution in [-0.2, 0) is 11.2 Å². The lowest BCUT2D eigenvalue weighted by Crippen LogP contribution is -2.06. The number of aliphatic carboxylic acids is 1. The van der Waals surface area contributed by atoms with E-state index in [0.29, 0.717) is 5.16 Å². The van der Waals surface area contributed by atoms with Gasteiger partial charge in [-0.2, -0.15) is 0 Å². The number of aryl methyl sites for hydroxylation is 2. The Hall–Kier alpha value is -1.89. The van der Waals surface area contributed by atoms with Gasteiger partial charge in [-0.05, 0) is 18.6 Å². The lowest BCUT2D eigenvalue weighted by Gasteiger charge is -2.10. The van der Waals surface area contributed by atoms with Gasteiger partial charge in [0.05, 0.1) is 17.6 Å². The molecule has 0 saturated heterocycles. The van der Waals surface area contributed by atoms with E-state index in [2.05, 4.69) is 15.2 Å². The lowest BCUT2D eigenvalue weighted by atomic mass is 10.2. The Kier molecular flexibility index (Phi) is 4.16. The topological polar surface area (TPSA) is 80.9 Å². The van der Waals surface area contributed by atoms with Crippen LogP contribution in [0.5, 0.6) is 0 Å². The highest BCUT2D eigenvalue weighted by atomic mass is 32.2. The van der Waals surface area contributed by atoms with Crippen molar-refractivity contribution in [3.8, 4) is 5.69 Å². The minimum atomic E-state index is -0.875. The quantitative estimate of drug-likeness (QED) is 0.839. The zero-order chi connectivity index (χ0) is 13.8. The largest absolute Gasteiger partial charge is 0.481 e. The highest BCUT2D eigenvalue weighted by Crippen LogP contribution is 2.23. The maximum atomic E-state index is 10.7. The first-order valence-electron chi connectivity index (χ1n) is 5.83. The van der Waals surface area contributed by atoms with Gasteiger partial charge in [0.15, 0.2) is 5.16 Å². The van der Waals surface area contributed by atoms with Crippen LogP contribution >= 0.6 is 11.8 Å². The van der Waals surface area contributed by atoms with Crippen molar-refractivity contribution < 1.29 is 9.90 Å². The van der Waals surface area contributed by atoms with Crippen LogP contribution in [0.2, 0.25) is 0 Å². The molecule has 2 rings (SSSR count). The van der Waals surface area contributed by atoms with Crippen molar-refractivity contribution in [1.29, 1.82) is 0 Å². The number of hydrogen-bond donors (Lipinski definition) is 1. The van der Waals surface area contributed by atoms with E-state index in [4.69, 9.17) is 5.11 Å². The van der Waals surface area contributed by atoms with Crippen LogP contribution in [0, 0.1) is 6.92 Å². The third kappa shape index (κ3) is 2.93. The van der Waals surface area contributed by atoms with Crippen molar-refractivity contribution in [2.45, 2.75) is 25.4 Å². The Morgan fingerprint density at radius 1 is 1.47 bits per heavy atom. The summed E-state index contributed by atoms with van der Waals surface area (Å²) in [5.41, 5.74) is 1.93. The number of carboxylic acids is 1. The molecule has 2 heterocycles. The smallest absolute Gasteiger partial charge is 0.313 e. The molecule has 0 unspecified atom stereocenters. The summed E-state index contributed by atoms with van der Waals surface area (Å²) in [6.45, 7) is 3.96. The normalized spacial score (nSPS) is 10.6. The average Bonchev–Trinajstić information content (AvgIpc) is 2.79. The third-order valence-corrected chi connectivity index (χ3v) is 3.51. The zero-order valence-corrected chi connectivity index (χ0v) is 11.5. The number of hydrogen-bond acceptors (Lipinski definition) is 5. The van der Waals surface area contributed by atoms with E-state index in [0.717, 1.165) is 35.3 Å². The van der Waals surface area contributed by atoms with Gasteiger partial charge in [0.25, 0.3) is 0 Å². The summed E-state index contributed by atoms with van der Waals surface area (Å²) < 4.78 is 1.87. The Balaban J connectivity index is 2.45. The van der Waals surface area contributed by atoms with Gasteiger partial charge in [0.2, 0.25) is 0 Å². The number of rotatable bonds is 5. The highest BCUT2D eigenvalue weighted by Gasteiger charge is 2.15. The molecular formula is C12H14N4O2S. The molecule has 0 bridgehead atoms. The maximum Gasteiger partial charge on any atom is 0.313 e. The van der Waals surface area contributed by atoms with E-state index in [-0.39, 0.29) is 5.75 Å². The molecule has 2 aromatic heterocycles. The minimum Gasteiger partial charge on any atom is -0.481 e. The Morgan fingerprint density at radius 2 is 2.26 bits per heavy atom. The van der Waals surface area contributed by atoms with Gasteiger partial charge in [-0.25, -0.2) is 0 Å². The van der Waals surface area contributed by atoms with Crippen LogP contribution in [0.4, 0.5) is 0 Å². The van der Waals surface area contributed by atoms with E-state index in [1.54, 1.807) is 12.4 Å². The molecule has 0 radical (unpaired) electrons. The Morgan fingerprint density at radius 3 is 2.89 bits per heavy atom. The van der Waals surface area contributed by atoms with E-state index >= 15 is 0 Å². The molecule has 0 spiro atoms. The molecule has 0 amide bonds. The van der Waals surface area contributed by atoms with Gasteiger partial charge in [-0.3, -0.25) is 14.3 Å². The van der Waals surface area contributed by atoms with Crippen molar-refractivity contribution in [1.82, 2.24) is 19.7 Å². The summed E-state index contributed by atoms with van der Waals surface area (Å²) in [5.74, 6) is -0.120. The van der Waals surface area contributed by atoms with Gasteiger partial charge in [0.1, 0.15) is 5.82 Å². The molecule has 2 aromatic rings. The van der Waals surface area contributed by atoms with E-state index < -0.39 is 5.97 Å². The van der Waals surface area contributed by atoms with Crippen LogP contribution in [0.3, 0.4) is 0 Å². The molecule has 0 aliphatic heterocycles. The molecule has 0 aliphatic rings. The number of aromatic nitrogens is 4. The zero-order valence-electron chi connectivity index (χ0n) is 10.7.